The maximum absolute atomic E-state index is 12.2. The minimum atomic E-state index is -1.50. The summed E-state index contributed by atoms with van der Waals surface area (Å²) in [5, 5.41) is 15.9. The number of aromatic nitrogens is 4. The molecule has 0 aliphatic carbocycles. The first-order valence-electron chi connectivity index (χ1n) is 19.4. The number of fused-ring (bicyclic) bond motifs is 4. The summed E-state index contributed by atoms with van der Waals surface area (Å²) >= 11 is 0. The van der Waals surface area contributed by atoms with Crippen molar-refractivity contribution < 1.29 is 5.11 Å². The van der Waals surface area contributed by atoms with Gasteiger partial charge in [0.25, 0.3) is 0 Å². The van der Waals surface area contributed by atoms with Gasteiger partial charge in [-0.2, -0.15) is 0 Å². The number of phenols is 1. The van der Waals surface area contributed by atoms with Gasteiger partial charge in [0.1, 0.15) is 11.6 Å². The lowest BCUT2D eigenvalue weighted by Gasteiger charge is -2.24. The van der Waals surface area contributed by atoms with Gasteiger partial charge >= 0.3 is 0 Å². The van der Waals surface area contributed by atoms with Crippen molar-refractivity contribution in [3.05, 3.63) is 151 Å². The summed E-state index contributed by atoms with van der Waals surface area (Å²) in [6, 6.07) is 49.4. The lowest BCUT2D eigenvalue weighted by Crippen LogP contribution is -2.37. The Morgan fingerprint density at radius 2 is 1.21 bits per heavy atom. The third kappa shape index (κ3) is 6.01. The summed E-state index contributed by atoms with van der Waals surface area (Å²) in [7, 11) is 0.549. The fraction of sp³-hybridized carbons (Fsp3) is 0.160. The van der Waals surface area contributed by atoms with Gasteiger partial charge in [0.15, 0.2) is 0 Å². The number of rotatable bonds is 6. The lowest BCUT2D eigenvalue weighted by molar-refractivity contribution is 0.448. The molecule has 0 aliphatic rings. The molecule has 1 N–H and O–H groups in total. The Morgan fingerprint density at radius 1 is 0.589 bits per heavy atom. The molecule has 5 nitrogen and oxygen atoms in total. The first-order valence-corrected chi connectivity index (χ1v) is 22.9. The second-order valence-electron chi connectivity index (χ2n) is 17.0. The third-order valence-corrected chi connectivity index (χ3v) is 13.2. The summed E-state index contributed by atoms with van der Waals surface area (Å²) < 4.78 is 4.44. The average molecular weight is 747 g/mol. The molecule has 3 aromatic heterocycles. The molecule has 276 valence electrons. The van der Waals surface area contributed by atoms with Crippen LogP contribution in [0.1, 0.15) is 26.3 Å². The Morgan fingerprint density at radius 3 is 1.86 bits per heavy atom. The molecule has 9 rings (SSSR count). The molecule has 0 saturated carbocycles. The highest BCUT2D eigenvalue weighted by molar-refractivity contribution is 6.88. The molecule has 0 atom stereocenters. The molecule has 0 amide bonds. The van der Waals surface area contributed by atoms with E-state index >= 15 is 0 Å². The first kappa shape index (κ1) is 35.5. The minimum absolute atomic E-state index is 0.253. The number of aromatic hydroxyl groups is 1. The summed E-state index contributed by atoms with van der Waals surface area (Å²) in [6.45, 7) is 13.5. The second-order valence-corrected chi connectivity index (χ2v) is 22.1. The monoisotopic (exact) mass is 746 g/mol. The summed E-state index contributed by atoms with van der Waals surface area (Å²) in [5.74, 6) is 0.962. The normalized spacial score (nSPS) is 12.3. The zero-order valence-corrected chi connectivity index (χ0v) is 34.1. The van der Waals surface area contributed by atoms with Gasteiger partial charge in [-0.1, -0.05) is 125 Å². The highest BCUT2D eigenvalue weighted by atomic mass is 28.3. The van der Waals surface area contributed by atoms with Crippen molar-refractivity contribution in [1.82, 2.24) is 19.1 Å². The Kier molecular flexibility index (Phi) is 8.36. The fourth-order valence-electron chi connectivity index (χ4n) is 8.12. The highest BCUT2D eigenvalue weighted by Gasteiger charge is 2.26. The van der Waals surface area contributed by atoms with E-state index in [1.165, 1.54) is 16.0 Å². The van der Waals surface area contributed by atoms with Crippen molar-refractivity contribution in [2.75, 3.05) is 0 Å². The maximum atomic E-state index is 12.2. The summed E-state index contributed by atoms with van der Waals surface area (Å²) in [5.41, 5.74) is 12.7. The number of aryl methyl sites for hydroxylation is 1. The van der Waals surface area contributed by atoms with E-state index in [1.54, 1.807) is 0 Å². The number of benzene rings is 6. The number of phenolic OH excluding ortho intramolecular Hbond substituents is 1. The number of hydrogen-bond donors (Lipinski definition) is 1. The number of pyridine rings is 1. The van der Waals surface area contributed by atoms with E-state index in [0.29, 0.717) is 11.4 Å². The average Bonchev–Trinajstić information content (AvgIpc) is 3.72. The smallest absolute Gasteiger partial charge is 0.144 e. The first-order chi connectivity index (χ1) is 26.9. The Balaban J connectivity index is 1.26. The fourth-order valence-corrected chi connectivity index (χ4v) is 9.15. The number of para-hydroxylation sites is 3. The van der Waals surface area contributed by atoms with E-state index < -0.39 is 8.07 Å². The predicted molar refractivity (Wildman–Crippen MR) is 238 cm³/mol. The standard InChI is InChI=1S/C50H46N4OSi/c1-50(2,3)42-30-36(54-44-21-13-11-18-39(44)40-19-12-14-22-45(40)54)29-41(48(42)55)49-52-47-38(20-15-23-46(47)53(49)4)34-26-33(32-16-9-8-10-17-32)27-35(28-34)43-25-24-37(31-51-43)56(5,6)7/h8-31,55H,1-7H3. The van der Waals surface area contributed by atoms with E-state index in [1.807, 2.05) is 7.05 Å². The second kappa shape index (κ2) is 13.2. The molecular formula is C50H46N4OSi. The molecule has 0 bridgehead atoms. The van der Waals surface area contributed by atoms with Gasteiger partial charge < -0.3 is 14.2 Å². The van der Waals surface area contributed by atoms with Crippen LogP contribution in [0.5, 0.6) is 5.75 Å². The molecule has 0 saturated heterocycles. The third-order valence-electron chi connectivity index (χ3n) is 11.2. The Labute approximate surface area is 329 Å². The molecule has 0 radical (unpaired) electrons. The van der Waals surface area contributed by atoms with E-state index in [0.717, 1.165) is 66.8 Å². The Bertz CT molecular complexity index is 2890. The van der Waals surface area contributed by atoms with Gasteiger partial charge in [0.05, 0.1) is 41.4 Å². The Hall–Kier alpha value is -6.24. The quantitative estimate of drug-likeness (QED) is 0.172. The van der Waals surface area contributed by atoms with E-state index in [-0.39, 0.29) is 11.2 Å². The van der Waals surface area contributed by atoms with Crippen LogP contribution < -0.4 is 5.19 Å². The van der Waals surface area contributed by atoms with Gasteiger partial charge in [-0.05, 0) is 81.9 Å². The van der Waals surface area contributed by atoms with Crippen molar-refractivity contribution in [3.8, 4) is 56.3 Å². The molecule has 6 heteroatoms. The van der Waals surface area contributed by atoms with Crippen molar-refractivity contribution in [1.29, 1.82) is 0 Å². The van der Waals surface area contributed by atoms with Crippen LogP contribution in [0.2, 0.25) is 19.6 Å². The summed E-state index contributed by atoms with van der Waals surface area (Å²) in [6.07, 6.45) is 2.06. The SMILES string of the molecule is Cn1c(-c2cc(-n3c4ccccc4c4ccccc43)cc(C(C)(C)C)c2O)nc2c(-c3cc(-c4ccccc4)cc(-c4ccc([Si](C)(C)C)cn4)c3)cccc21. The van der Waals surface area contributed by atoms with Crippen LogP contribution in [0, 0.1) is 0 Å². The van der Waals surface area contributed by atoms with Crippen LogP contribution in [0.4, 0.5) is 0 Å². The van der Waals surface area contributed by atoms with Crippen LogP contribution in [0.3, 0.4) is 0 Å². The van der Waals surface area contributed by atoms with E-state index in [4.69, 9.17) is 9.97 Å². The molecule has 6 aromatic carbocycles. The molecule has 56 heavy (non-hydrogen) atoms. The van der Waals surface area contributed by atoms with Gasteiger partial charge in [-0.3, -0.25) is 4.98 Å². The largest absolute Gasteiger partial charge is 0.507 e. The zero-order chi connectivity index (χ0) is 38.9. The van der Waals surface area contributed by atoms with Crippen LogP contribution in [0.15, 0.2) is 146 Å². The van der Waals surface area contributed by atoms with Gasteiger partial charge in [-0.15, -0.1) is 0 Å². The van der Waals surface area contributed by atoms with Gasteiger partial charge in [0.2, 0.25) is 0 Å². The number of imidazole rings is 1. The van der Waals surface area contributed by atoms with E-state index in [2.05, 4.69) is 195 Å². The number of hydrogen-bond acceptors (Lipinski definition) is 3. The highest BCUT2D eigenvalue weighted by Crippen LogP contribution is 2.44. The van der Waals surface area contributed by atoms with Crippen LogP contribution >= 0.6 is 0 Å². The number of nitrogens with zero attached hydrogens (tertiary/aromatic N) is 4. The molecule has 3 heterocycles. The van der Waals surface area contributed by atoms with E-state index in [9.17, 15) is 5.11 Å². The lowest BCUT2D eigenvalue weighted by atomic mass is 9.84. The van der Waals surface area contributed by atoms with Gasteiger partial charge in [-0.25, -0.2) is 4.98 Å². The maximum Gasteiger partial charge on any atom is 0.144 e. The van der Waals surface area contributed by atoms with Crippen LogP contribution in [-0.2, 0) is 12.5 Å². The van der Waals surface area contributed by atoms with Crippen molar-refractivity contribution in [2.24, 2.45) is 7.05 Å². The van der Waals surface area contributed by atoms with Crippen LogP contribution in [-0.4, -0.2) is 32.3 Å². The van der Waals surface area contributed by atoms with Gasteiger partial charge in [0, 0.05) is 46.4 Å². The molecular weight excluding hydrogens is 701 g/mol. The summed E-state index contributed by atoms with van der Waals surface area (Å²) in [4.78, 5) is 10.4. The van der Waals surface area contributed by atoms with Crippen LogP contribution in [0.25, 0.3) is 83.4 Å². The molecule has 0 unspecified atom stereocenters. The molecule has 0 fully saturated rings. The molecule has 0 aliphatic heterocycles. The molecule has 9 aromatic rings. The van der Waals surface area contributed by atoms with Crippen molar-refractivity contribution >= 4 is 46.1 Å². The minimum Gasteiger partial charge on any atom is -0.507 e. The zero-order valence-electron chi connectivity index (χ0n) is 33.1. The van der Waals surface area contributed by atoms with Crippen molar-refractivity contribution in [3.63, 3.8) is 0 Å². The molecule has 0 spiro atoms. The predicted octanol–water partition coefficient (Wildman–Crippen LogP) is 12.3. The van der Waals surface area contributed by atoms with Crippen molar-refractivity contribution in [2.45, 2.75) is 45.8 Å². The topological polar surface area (TPSA) is 55.9 Å².